The molecule has 0 spiro atoms. The fourth-order valence-corrected chi connectivity index (χ4v) is 5.99. The number of β-lactam (4-membered cyclic amide) rings is 1. The van der Waals surface area contributed by atoms with E-state index in [1.54, 1.807) is 0 Å². The summed E-state index contributed by atoms with van der Waals surface area (Å²) in [6.07, 6.45) is 0.932. The zero-order chi connectivity index (χ0) is 18.4. The molecule has 1 amide bonds. The van der Waals surface area contributed by atoms with E-state index in [9.17, 15) is 4.79 Å². The van der Waals surface area contributed by atoms with Gasteiger partial charge in [0.15, 0.2) is 0 Å². The van der Waals surface area contributed by atoms with E-state index in [0.717, 1.165) is 17.7 Å². The van der Waals surface area contributed by atoms with Crippen LogP contribution in [-0.2, 0) is 10.3 Å². The van der Waals surface area contributed by atoms with Gasteiger partial charge in [-0.05, 0) is 29.7 Å². The van der Waals surface area contributed by atoms with Crippen molar-refractivity contribution in [1.82, 2.24) is 0 Å². The largest absolute Gasteiger partial charge is 0.299 e. The van der Waals surface area contributed by atoms with Gasteiger partial charge in [0.1, 0.15) is 0 Å². The SMILES string of the molecule is C[C@@H]1C[C@]2(c3ccccc3)[C@@H](c3ccccc3)C(=O)N2c2ccccc2S1. The molecular weight excluding hydrogens is 350 g/mol. The molecule has 0 bridgehead atoms. The highest BCUT2D eigenvalue weighted by Gasteiger charge is 2.63. The van der Waals surface area contributed by atoms with E-state index in [1.165, 1.54) is 10.5 Å². The van der Waals surface area contributed by atoms with Crippen molar-refractivity contribution in [2.24, 2.45) is 0 Å². The Hall–Kier alpha value is -2.52. The highest BCUT2D eigenvalue weighted by molar-refractivity contribution is 8.00. The second kappa shape index (κ2) is 6.28. The number of benzene rings is 3. The molecule has 27 heavy (non-hydrogen) atoms. The van der Waals surface area contributed by atoms with E-state index in [4.69, 9.17) is 0 Å². The van der Waals surface area contributed by atoms with Crippen LogP contribution in [0.5, 0.6) is 0 Å². The van der Waals surface area contributed by atoms with Crippen LogP contribution in [-0.4, -0.2) is 11.2 Å². The number of carbonyl (C=O) groups excluding carboxylic acids is 1. The maximum atomic E-state index is 13.5. The van der Waals surface area contributed by atoms with E-state index >= 15 is 0 Å². The Bertz CT molecular complexity index is 988. The third-order valence-corrected chi connectivity index (χ3v) is 6.95. The van der Waals surface area contributed by atoms with Crippen LogP contribution in [0.15, 0.2) is 89.8 Å². The first-order valence-corrected chi connectivity index (χ1v) is 10.3. The predicted octanol–water partition coefficient (Wildman–Crippen LogP) is 5.60. The molecule has 5 rings (SSSR count). The fraction of sp³-hybridized carbons (Fsp3) is 0.208. The van der Waals surface area contributed by atoms with Crippen molar-refractivity contribution in [2.45, 2.75) is 34.9 Å². The molecule has 2 heterocycles. The number of thioether (sulfide) groups is 1. The quantitative estimate of drug-likeness (QED) is 0.547. The molecule has 3 aromatic rings. The average Bonchev–Trinajstić information content (AvgIpc) is 2.81. The van der Waals surface area contributed by atoms with E-state index < -0.39 is 0 Å². The Morgan fingerprint density at radius 3 is 2.26 bits per heavy atom. The summed E-state index contributed by atoms with van der Waals surface area (Å²) in [5.41, 5.74) is 3.05. The van der Waals surface area contributed by atoms with Crippen LogP contribution in [0.25, 0.3) is 0 Å². The first-order valence-electron chi connectivity index (χ1n) is 9.42. The molecule has 0 aromatic heterocycles. The Morgan fingerprint density at radius 1 is 0.889 bits per heavy atom. The summed E-state index contributed by atoms with van der Waals surface area (Å²) in [7, 11) is 0. The number of carbonyl (C=O) groups is 1. The third kappa shape index (κ3) is 2.38. The summed E-state index contributed by atoms with van der Waals surface area (Å²) in [5, 5.41) is 0.413. The van der Waals surface area contributed by atoms with Gasteiger partial charge >= 0.3 is 0 Å². The summed E-state index contributed by atoms with van der Waals surface area (Å²) in [5.74, 6) is 0.0579. The normalized spacial score (nSPS) is 26.6. The number of hydrogen-bond donors (Lipinski definition) is 0. The minimum absolute atomic E-state index is 0.143. The van der Waals surface area contributed by atoms with Crippen molar-refractivity contribution in [2.75, 3.05) is 4.90 Å². The molecule has 0 aliphatic carbocycles. The molecule has 3 heteroatoms. The zero-order valence-electron chi connectivity index (χ0n) is 15.2. The van der Waals surface area contributed by atoms with Gasteiger partial charge < -0.3 is 0 Å². The number of nitrogens with zero attached hydrogens (tertiary/aromatic N) is 1. The first-order chi connectivity index (χ1) is 13.2. The first kappa shape index (κ1) is 16.6. The van der Waals surface area contributed by atoms with Gasteiger partial charge in [-0.25, -0.2) is 0 Å². The summed E-state index contributed by atoms with van der Waals surface area (Å²) in [6.45, 7) is 2.28. The molecule has 0 unspecified atom stereocenters. The van der Waals surface area contributed by atoms with Gasteiger partial charge in [0.2, 0.25) is 5.91 Å². The van der Waals surface area contributed by atoms with Gasteiger partial charge in [0.25, 0.3) is 0 Å². The summed E-state index contributed by atoms with van der Waals surface area (Å²) >= 11 is 1.88. The number of anilines is 1. The van der Waals surface area contributed by atoms with Crippen LogP contribution < -0.4 is 4.90 Å². The van der Waals surface area contributed by atoms with Crippen molar-refractivity contribution >= 4 is 23.4 Å². The zero-order valence-corrected chi connectivity index (χ0v) is 16.0. The lowest BCUT2D eigenvalue weighted by Crippen LogP contribution is -2.68. The fourth-order valence-electron chi connectivity index (χ4n) is 4.78. The third-order valence-electron chi connectivity index (χ3n) is 5.78. The molecule has 0 N–H and O–H groups in total. The van der Waals surface area contributed by atoms with Crippen LogP contribution in [0.3, 0.4) is 0 Å². The van der Waals surface area contributed by atoms with Crippen LogP contribution in [0, 0.1) is 0 Å². The highest BCUT2D eigenvalue weighted by atomic mass is 32.2. The minimum Gasteiger partial charge on any atom is -0.299 e. The van der Waals surface area contributed by atoms with Crippen molar-refractivity contribution in [3.63, 3.8) is 0 Å². The van der Waals surface area contributed by atoms with Crippen LogP contribution in [0.2, 0.25) is 0 Å². The molecule has 3 aromatic carbocycles. The topological polar surface area (TPSA) is 20.3 Å². The molecule has 2 aliphatic heterocycles. The number of fused-ring (bicyclic) bond motifs is 3. The van der Waals surface area contributed by atoms with Crippen LogP contribution >= 0.6 is 11.8 Å². The van der Waals surface area contributed by atoms with Crippen molar-refractivity contribution in [3.05, 3.63) is 96.1 Å². The van der Waals surface area contributed by atoms with Gasteiger partial charge in [-0.3, -0.25) is 9.69 Å². The second-order valence-corrected chi connectivity index (χ2v) is 8.89. The molecule has 1 fully saturated rings. The van der Waals surface area contributed by atoms with Gasteiger partial charge in [-0.2, -0.15) is 0 Å². The summed E-state index contributed by atoms with van der Waals surface area (Å²) < 4.78 is 0. The van der Waals surface area contributed by atoms with Gasteiger partial charge in [0.05, 0.1) is 17.1 Å². The lowest BCUT2D eigenvalue weighted by Gasteiger charge is -2.58. The van der Waals surface area contributed by atoms with Crippen molar-refractivity contribution in [1.29, 1.82) is 0 Å². The Balaban J connectivity index is 1.77. The minimum atomic E-state index is -0.335. The Kier molecular flexibility index (Phi) is 3.87. The second-order valence-electron chi connectivity index (χ2n) is 7.41. The van der Waals surface area contributed by atoms with E-state index in [-0.39, 0.29) is 17.4 Å². The maximum Gasteiger partial charge on any atom is 0.238 e. The number of amides is 1. The number of rotatable bonds is 2. The number of para-hydroxylation sites is 1. The van der Waals surface area contributed by atoms with Crippen LogP contribution in [0.4, 0.5) is 5.69 Å². The van der Waals surface area contributed by atoms with Crippen molar-refractivity contribution in [3.8, 4) is 0 Å². The Labute approximate surface area is 164 Å². The Morgan fingerprint density at radius 2 is 1.52 bits per heavy atom. The van der Waals surface area contributed by atoms with Gasteiger partial charge in [-0.1, -0.05) is 79.7 Å². The van der Waals surface area contributed by atoms with Crippen molar-refractivity contribution < 1.29 is 4.79 Å². The van der Waals surface area contributed by atoms with Crippen LogP contribution in [0.1, 0.15) is 30.4 Å². The van der Waals surface area contributed by atoms with E-state index in [0.29, 0.717) is 5.25 Å². The molecule has 2 aliphatic rings. The predicted molar refractivity (Wildman–Crippen MR) is 111 cm³/mol. The molecular formula is C24H21NOS. The number of hydrogen-bond acceptors (Lipinski definition) is 2. The van der Waals surface area contributed by atoms with Gasteiger partial charge in [0, 0.05) is 10.1 Å². The monoisotopic (exact) mass is 371 g/mol. The highest BCUT2D eigenvalue weighted by Crippen LogP contribution is 2.60. The molecule has 2 nitrogen and oxygen atoms in total. The molecule has 134 valence electrons. The molecule has 1 saturated heterocycles. The standard InChI is InChI=1S/C24H21NOS/c1-17-16-24(19-12-6-3-7-13-19)22(18-10-4-2-5-11-18)23(26)25(24)20-14-8-9-15-21(20)27-17/h2-15,17,22H,16H2,1H3/t17-,22+,24+/m1/s1. The lowest BCUT2D eigenvalue weighted by atomic mass is 9.63. The van der Waals surface area contributed by atoms with E-state index in [2.05, 4.69) is 66.4 Å². The van der Waals surface area contributed by atoms with E-state index in [1.807, 2.05) is 42.1 Å². The maximum absolute atomic E-state index is 13.5. The summed E-state index contributed by atoms with van der Waals surface area (Å²) in [6, 6.07) is 29.2. The smallest absolute Gasteiger partial charge is 0.238 e. The average molecular weight is 372 g/mol. The molecule has 0 saturated carbocycles. The van der Waals surface area contributed by atoms with Gasteiger partial charge in [-0.15, -0.1) is 11.8 Å². The molecule has 0 radical (unpaired) electrons. The summed E-state index contributed by atoms with van der Waals surface area (Å²) in [4.78, 5) is 16.8. The lowest BCUT2D eigenvalue weighted by molar-refractivity contribution is -0.131. The molecule has 3 atom stereocenters.